The Morgan fingerprint density at radius 3 is 2.68 bits per heavy atom. The molecule has 0 fully saturated rings. The molecule has 1 aliphatic heterocycles. The molecule has 12 heteroatoms. The van der Waals surface area contributed by atoms with Crippen LogP contribution in [0.25, 0.3) is 0 Å². The Morgan fingerprint density at radius 2 is 1.97 bits per heavy atom. The molecule has 1 aliphatic rings. The number of nitrogens with one attached hydrogen (secondary N) is 2. The van der Waals surface area contributed by atoms with Crippen molar-refractivity contribution in [3.63, 3.8) is 0 Å². The molecule has 0 saturated carbocycles. The van der Waals surface area contributed by atoms with E-state index in [0.717, 1.165) is 16.4 Å². The quantitative estimate of drug-likeness (QED) is 0.407. The van der Waals surface area contributed by atoms with Crippen LogP contribution in [0.3, 0.4) is 0 Å². The summed E-state index contributed by atoms with van der Waals surface area (Å²) in [6.07, 6.45) is 0.558. The molecule has 2 N–H and O–H groups in total. The maximum Gasteiger partial charge on any atom is 0.410 e. The van der Waals surface area contributed by atoms with E-state index < -0.39 is 24.2 Å². The number of aromatic nitrogens is 4. The highest BCUT2D eigenvalue weighted by atomic mass is 19.4. The third kappa shape index (κ3) is 4.26. The van der Waals surface area contributed by atoms with Crippen molar-refractivity contribution in [3.05, 3.63) is 84.0 Å². The standard InChI is InChI=1S/C22H18F4N6O2/c23-14-5-3-13(4-6-14)11-31-12-15(9-27-31)29-21(33)16-10-28-32-19(22(24,25)26)8-17(30-20(16)32)18-2-1-7-34-18/h1-7,9-10,12,17,19,30H,8,11H2,(H,29,33). The van der Waals surface area contributed by atoms with Crippen molar-refractivity contribution in [2.24, 2.45) is 0 Å². The fourth-order valence-corrected chi connectivity index (χ4v) is 3.89. The summed E-state index contributed by atoms with van der Waals surface area (Å²) in [4.78, 5) is 12.9. The van der Waals surface area contributed by atoms with Gasteiger partial charge in [0.15, 0.2) is 6.04 Å². The van der Waals surface area contributed by atoms with E-state index in [-0.39, 0.29) is 23.6 Å². The second-order valence-electron chi connectivity index (χ2n) is 7.86. The Bertz CT molecular complexity index is 1290. The first kappa shape index (κ1) is 21.7. The first-order valence-electron chi connectivity index (χ1n) is 10.3. The summed E-state index contributed by atoms with van der Waals surface area (Å²) >= 11 is 0. The van der Waals surface area contributed by atoms with Crippen molar-refractivity contribution in [3.8, 4) is 0 Å². The molecule has 0 aliphatic carbocycles. The number of hydrogen-bond donors (Lipinski definition) is 2. The van der Waals surface area contributed by atoms with Gasteiger partial charge in [0.2, 0.25) is 0 Å². The number of fused-ring (bicyclic) bond motifs is 1. The maximum absolute atomic E-state index is 13.7. The lowest BCUT2D eigenvalue weighted by atomic mass is 10.0. The second-order valence-corrected chi connectivity index (χ2v) is 7.86. The van der Waals surface area contributed by atoms with Gasteiger partial charge in [0, 0.05) is 12.6 Å². The number of rotatable bonds is 5. The number of halogens is 4. The van der Waals surface area contributed by atoms with Gasteiger partial charge in [-0.1, -0.05) is 12.1 Å². The molecule has 0 spiro atoms. The minimum Gasteiger partial charge on any atom is -0.467 e. The average Bonchev–Trinajstić information content (AvgIpc) is 3.55. The normalized spacial score (nSPS) is 17.8. The molecule has 8 nitrogen and oxygen atoms in total. The molecule has 4 aromatic rings. The molecule has 5 rings (SSSR count). The number of anilines is 2. The summed E-state index contributed by atoms with van der Waals surface area (Å²) < 4.78 is 61.9. The van der Waals surface area contributed by atoms with Crippen LogP contribution in [0, 0.1) is 5.82 Å². The molecule has 0 bridgehead atoms. The molecule has 0 radical (unpaired) electrons. The van der Waals surface area contributed by atoms with Crippen LogP contribution < -0.4 is 10.6 Å². The Morgan fingerprint density at radius 1 is 1.18 bits per heavy atom. The number of amides is 1. The highest BCUT2D eigenvalue weighted by Gasteiger charge is 2.47. The molecule has 176 valence electrons. The number of furan rings is 1. The second kappa shape index (κ2) is 8.36. The molecular formula is C22H18F4N6O2. The largest absolute Gasteiger partial charge is 0.467 e. The van der Waals surface area contributed by atoms with Gasteiger partial charge in [0.05, 0.1) is 36.9 Å². The summed E-state index contributed by atoms with van der Waals surface area (Å²) in [6.45, 7) is 0.346. The van der Waals surface area contributed by atoms with Crippen molar-refractivity contribution in [2.75, 3.05) is 10.6 Å². The van der Waals surface area contributed by atoms with Crippen LogP contribution in [0.5, 0.6) is 0 Å². The van der Waals surface area contributed by atoms with E-state index in [4.69, 9.17) is 4.42 Å². The van der Waals surface area contributed by atoms with Crippen molar-refractivity contribution in [1.29, 1.82) is 0 Å². The SMILES string of the molecule is O=C(Nc1cnn(Cc2ccc(F)cc2)c1)c1cnn2c1NC(c1ccco1)CC2C(F)(F)F. The average molecular weight is 474 g/mol. The monoisotopic (exact) mass is 474 g/mol. The topological polar surface area (TPSA) is 89.9 Å². The third-order valence-electron chi connectivity index (χ3n) is 5.52. The van der Waals surface area contributed by atoms with Gasteiger partial charge >= 0.3 is 6.18 Å². The van der Waals surface area contributed by atoms with E-state index >= 15 is 0 Å². The zero-order valence-electron chi connectivity index (χ0n) is 17.5. The molecule has 2 atom stereocenters. The van der Waals surface area contributed by atoms with E-state index in [1.54, 1.807) is 35.1 Å². The van der Waals surface area contributed by atoms with Crippen molar-refractivity contribution >= 4 is 17.4 Å². The van der Waals surface area contributed by atoms with E-state index in [2.05, 4.69) is 20.8 Å². The van der Waals surface area contributed by atoms with Crippen LogP contribution in [0.15, 0.2) is 65.7 Å². The van der Waals surface area contributed by atoms with Gasteiger partial charge in [-0.25, -0.2) is 9.07 Å². The molecule has 1 amide bonds. The fraction of sp³-hybridized carbons (Fsp3) is 0.227. The fourth-order valence-electron chi connectivity index (χ4n) is 3.89. The molecule has 4 heterocycles. The Kier molecular flexibility index (Phi) is 5.34. The van der Waals surface area contributed by atoms with Crippen molar-refractivity contribution in [1.82, 2.24) is 19.6 Å². The summed E-state index contributed by atoms with van der Waals surface area (Å²) in [5, 5.41) is 13.6. The first-order chi connectivity index (χ1) is 16.3. The minimum absolute atomic E-state index is 0.0446. The minimum atomic E-state index is -4.57. The summed E-state index contributed by atoms with van der Waals surface area (Å²) in [7, 11) is 0. The number of benzene rings is 1. The van der Waals surface area contributed by atoms with Gasteiger partial charge in [-0.2, -0.15) is 23.4 Å². The molecule has 2 unspecified atom stereocenters. The van der Waals surface area contributed by atoms with Gasteiger partial charge < -0.3 is 15.1 Å². The van der Waals surface area contributed by atoms with Crippen LogP contribution in [0.4, 0.5) is 29.1 Å². The van der Waals surface area contributed by atoms with Crippen LogP contribution in [-0.4, -0.2) is 31.6 Å². The predicted octanol–water partition coefficient (Wildman–Crippen LogP) is 4.77. The summed E-state index contributed by atoms with van der Waals surface area (Å²) in [5.74, 6) is -0.713. The number of nitrogens with zero attached hydrogens (tertiary/aromatic N) is 4. The van der Waals surface area contributed by atoms with Gasteiger partial charge in [-0.05, 0) is 29.8 Å². The smallest absolute Gasteiger partial charge is 0.410 e. The van der Waals surface area contributed by atoms with Gasteiger partial charge in [-0.3, -0.25) is 9.48 Å². The van der Waals surface area contributed by atoms with Crippen LogP contribution in [0.2, 0.25) is 0 Å². The zero-order chi connectivity index (χ0) is 23.9. The van der Waals surface area contributed by atoms with E-state index in [9.17, 15) is 22.4 Å². The van der Waals surface area contributed by atoms with Crippen LogP contribution >= 0.6 is 0 Å². The van der Waals surface area contributed by atoms with Crippen molar-refractivity contribution < 1.29 is 26.8 Å². The molecule has 1 aromatic carbocycles. The van der Waals surface area contributed by atoms with Gasteiger partial charge in [0.1, 0.15) is 23.0 Å². The Labute approximate surface area is 190 Å². The van der Waals surface area contributed by atoms with Crippen LogP contribution in [-0.2, 0) is 6.54 Å². The van der Waals surface area contributed by atoms with Crippen molar-refractivity contribution in [2.45, 2.75) is 31.2 Å². The molecule has 0 saturated heterocycles. The lowest BCUT2D eigenvalue weighted by molar-refractivity contribution is -0.174. The Balaban J connectivity index is 1.36. The molecule has 34 heavy (non-hydrogen) atoms. The third-order valence-corrected chi connectivity index (χ3v) is 5.52. The highest BCUT2D eigenvalue weighted by molar-refractivity contribution is 6.07. The number of alkyl halides is 3. The van der Waals surface area contributed by atoms with Gasteiger partial charge in [0.25, 0.3) is 5.91 Å². The number of hydrogen-bond acceptors (Lipinski definition) is 5. The number of carbonyl (C=O) groups is 1. The van der Waals surface area contributed by atoms with Gasteiger partial charge in [-0.15, -0.1) is 0 Å². The lowest BCUT2D eigenvalue weighted by Crippen LogP contribution is -2.36. The maximum atomic E-state index is 13.7. The molecule has 3 aromatic heterocycles. The van der Waals surface area contributed by atoms with E-state index in [0.29, 0.717) is 18.0 Å². The number of carbonyl (C=O) groups excluding carboxylic acids is 1. The zero-order valence-corrected chi connectivity index (χ0v) is 17.5. The summed E-state index contributed by atoms with van der Waals surface area (Å²) in [5.41, 5.74) is 1.11. The van der Waals surface area contributed by atoms with E-state index in [1.807, 2.05) is 0 Å². The molecular weight excluding hydrogens is 456 g/mol. The van der Waals surface area contributed by atoms with E-state index in [1.165, 1.54) is 24.6 Å². The van der Waals surface area contributed by atoms with Crippen LogP contribution in [0.1, 0.15) is 40.2 Å². The first-order valence-corrected chi connectivity index (χ1v) is 10.3. The Hall–Kier alpha value is -4.09. The highest BCUT2D eigenvalue weighted by Crippen LogP contribution is 2.44. The summed E-state index contributed by atoms with van der Waals surface area (Å²) in [6, 6.07) is 6.37. The predicted molar refractivity (Wildman–Crippen MR) is 113 cm³/mol. The lowest BCUT2D eigenvalue weighted by Gasteiger charge is -2.32.